The fourth-order valence-electron chi connectivity index (χ4n) is 2.51. The average molecular weight is 339 g/mol. The minimum Gasteiger partial charge on any atom is -0.349 e. The minimum absolute atomic E-state index is 0.0267. The Morgan fingerprint density at radius 1 is 1.38 bits per heavy atom. The Labute approximate surface area is 138 Å². The summed E-state index contributed by atoms with van der Waals surface area (Å²) in [4.78, 5) is 12.3. The van der Waals surface area contributed by atoms with Crippen molar-refractivity contribution in [3.63, 3.8) is 0 Å². The molecule has 130 valence electrons. The predicted molar refractivity (Wildman–Crippen MR) is 85.1 cm³/mol. The monoisotopic (exact) mass is 339 g/mol. The van der Waals surface area contributed by atoms with Crippen LogP contribution < -0.4 is 5.32 Å². The van der Waals surface area contributed by atoms with E-state index in [9.17, 15) is 18.0 Å². The summed E-state index contributed by atoms with van der Waals surface area (Å²) in [5.74, 6) is -0.272. The second-order valence-corrected chi connectivity index (χ2v) is 5.77. The molecule has 1 aromatic heterocycles. The lowest BCUT2D eigenvalue weighted by Crippen LogP contribution is -2.32. The summed E-state index contributed by atoms with van der Waals surface area (Å²) in [5, 5.41) is 6.94. The Hall–Kier alpha value is -2.31. The van der Waals surface area contributed by atoms with E-state index in [-0.39, 0.29) is 17.6 Å². The highest BCUT2D eigenvalue weighted by Gasteiger charge is 2.30. The summed E-state index contributed by atoms with van der Waals surface area (Å²) in [5.41, 5.74) is 0.367. The molecule has 0 fully saturated rings. The van der Waals surface area contributed by atoms with Crippen LogP contribution >= 0.6 is 0 Å². The second-order valence-electron chi connectivity index (χ2n) is 5.77. The number of carbonyl (C=O) groups excluding carboxylic acids is 1. The molecule has 0 aliphatic heterocycles. The Morgan fingerprint density at radius 3 is 2.71 bits per heavy atom. The van der Waals surface area contributed by atoms with Gasteiger partial charge in [0.15, 0.2) is 0 Å². The highest BCUT2D eigenvalue weighted by molar-refractivity contribution is 5.95. The molecule has 0 aliphatic rings. The number of alkyl halides is 3. The summed E-state index contributed by atoms with van der Waals surface area (Å²) in [6, 6.07) is 4.89. The van der Waals surface area contributed by atoms with Crippen LogP contribution in [0.5, 0.6) is 0 Å². The summed E-state index contributed by atoms with van der Waals surface area (Å²) in [6.45, 7) is 5.60. The number of rotatable bonds is 5. The third-order valence-electron chi connectivity index (χ3n) is 3.77. The number of nitrogens with one attached hydrogen (secondary N) is 1. The molecule has 0 radical (unpaired) electrons. The number of aromatic nitrogens is 2. The van der Waals surface area contributed by atoms with Crippen LogP contribution in [0.4, 0.5) is 13.2 Å². The smallest absolute Gasteiger partial charge is 0.349 e. The minimum atomic E-state index is -4.42. The number of amides is 1. The first-order valence-corrected chi connectivity index (χ1v) is 7.77. The van der Waals surface area contributed by atoms with E-state index in [1.807, 2.05) is 13.8 Å². The van der Waals surface area contributed by atoms with Gasteiger partial charge in [0.05, 0.1) is 28.7 Å². The molecule has 1 atom stereocenters. The highest BCUT2D eigenvalue weighted by Crippen LogP contribution is 2.30. The van der Waals surface area contributed by atoms with Crippen molar-refractivity contribution >= 4 is 5.91 Å². The van der Waals surface area contributed by atoms with E-state index in [1.165, 1.54) is 23.0 Å². The molecule has 0 saturated heterocycles. The topological polar surface area (TPSA) is 46.9 Å². The van der Waals surface area contributed by atoms with Gasteiger partial charge in [0.1, 0.15) is 0 Å². The van der Waals surface area contributed by atoms with E-state index in [1.54, 1.807) is 6.92 Å². The van der Waals surface area contributed by atoms with Gasteiger partial charge < -0.3 is 5.32 Å². The van der Waals surface area contributed by atoms with Crippen LogP contribution in [0.15, 0.2) is 30.5 Å². The van der Waals surface area contributed by atoms with Crippen LogP contribution in [-0.4, -0.2) is 21.7 Å². The van der Waals surface area contributed by atoms with Gasteiger partial charge in [0.25, 0.3) is 5.91 Å². The van der Waals surface area contributed by atoms with Crippen LogP contribution in [-0.2, 0) is 6.18 Å². The molecule has 7 heteroatoms. The van der Waals surface area contributed by atoms with Gasteiger partial charge in [-0.15, -0.1) is 0 Å². The summed E-state index contributed by atoms with van der Waals surface area (Å²) < 4.78 is 39.9. The molecular weight excluding hydrogens is 319 g/mol. The zero-order valence-electron chi connectivity index (χ0n) is 13.8. The molecule has 0 aliphatic carbocycles. The van der Waals surface area contributed by atoms with Gasteiger partial charge in [0.2, 0.25) is 0 Å². The van der Waals surface area contributed by atoms with E-state index in [0.29, 0.717) is 11.3 Å². The van der Waals surface area contributed by atoms with E-state index in [0.717, 1.165) is 25.0 Å². The van der Waals surface area contributed by atoms with Crippen LogP contribution in [0.2, 0.25) is 0 Å². The maximum absolute atomic E-state index is 12.8. The molecule has 4 nitrogen and oxygen atoms in total. The third kappa shape index (κ3) is 3.96. The third-order valence-corrected chi connectivity index (χ3v) is 3.77. The molecule has 1 amide bonds. The van der Waals surface area contributed by atoms with E-state index in [2.05, 4.69) is 10.4 Å². The second kappa shape index (κ2) is 7.07. The fourth-order valence-corrected chi connectivity index (χ4v) is 2.51. The lowest BCUT2D eigenvalue weighted by Gasteiger charge is -2.13. The number of hydrogen-bond donors (Lipinski definition) is 1. The summed E-state index contributed by atoms with van der Waals surface area (Å²) in [7, 11) is 0. The number of hydrogen-bond acceptors (Lipinski definition) is 2. The van der Waals surface area contributed by atoms with Gasteiger partial charge in [0, 0.05) is 6.04 Å². The first-order valence-electron chi connectivity index (χ1n) is 7.77. The molecule has 0 bridgehead atoms. The van der Waals surface area contributed by atoms with Crippen LogP contribution in [0.25, 0.3) is 5.69 Å². The quantitative estimate of drug-likeness (QED) is 0.891. The molecule has 1 N–H and O–H groups in total. The first kappa shape index (κ1) is 18.0. The zero-order valence-corrected chi connectivity index (χ0v) is 13.8. The lowest BCUT2D eigenvalue weighted by atomic mass is 10.1. The molecule has 1 heterocycles. The van der Waals surface area contributed by atoms with Crippen molar-refractivity contribution in [2.24, 2.45) is 0 Å². The molecule has 0 saturated carbocycles. The maximum atomic E-state index is 12.8. The number of benzene rings is 1. The summed E-state index contributed by atoms with van der Waals surface area (Å²) >= 11 is 0. The van der Waals surface area contributed by atoms with Crippen molar-refractivity contribution in [3.05, 3.63) is 47.3 Å². The van der Waals surface area contributed by atoms with Crippen molar-refractivity contribution in [2.75, 3.05) is 0 Å². The molecule has 2 aromatic rings. The highest BCUT2D eigenvalue weighted by atomic mass is 19.4. The molecule has 0 spiro atoms. The first-order chi connectivity index (χ1) is 11.2. The van der Waals surface area contributed by atoms with E-state index in [4.69, 9.17) is 0 Å². The standard InChI is InChI=1S/C17H20F3N3O/c1-4-6-11(2)22-16(24)15-10-21-23(12(15)3)14-8-5-7-13(9-14)17(18,19)20/h5,7-11H,4,6H2,1-3H3,(H,22,24). The van der Waals surface area contributed by atoms with Gasteiger partial charge in [-0.05, 0) is 38.5 Å². The van der Waals surface area contributed by atoms with Gasteiger partial charge in [-0.1, -0.05) is 19.4 Å². The van der Waals surface area contributed by atoms with Gasteiger partial charge in [-0.2, -0.15) is 18.3 Å². The zero-order chi connectivity index (χ0) is 17.9. The SMILES string of the molecule is CCCC(C)NC(=O)c1cnn(-c2cccc(C(F)(F)F)c2)c1C. The molecule has 1 aromatic carbocycles. The normalized spacial score (nSPS) is 12.9. The molecule has 2 rings (SSSR count). The molecular formula is C17H20F3N3O. The maximum Gasteiger partial charge on any atom is 0.416 e. The van der Waals surface area contributed by atoms with Crippen molar-refractivity contribution in [2.45, 2.75) is 45.8 Å². The predicted octanol–water partition coefficient (Wildman–Crippen LogP) is 4.12. The Morgan fingerprint density at radius 2 is 2.08 bits per heavy atom. The van der Waals surface area contributed by atoms with Crippen LogP contribution in [0.3, 0.4) is 0 Å². The van der Waals surface area contributed by atoms with Gasteiger partial charge in [-0.25, -0.2) is 4.68 Å². The van der Waals surface area contributed by atoms with Crippen molar-refractivity contribution in [1.82, 2.24) is 15.1 Å². The van der Waals surface area contributed by atoms with Gasteiger partial charge in [-0.3, -0.25) is 4.79 Å². The van der Waals surface area contributed by atoms with Crippen molar-refractivity contribution in [1.29, 1.82) is 0 Å². The lowest BCUT2D eigenvalue weighted by molar-refractivity contribution is -0.137. The molecule has 1 unspecified atom stereocenters. The Kier molecular flexibility index (Phi) is 5.31. The van der Waals surface area contributed by atoms with E-state index < -0.39 is 11.7 Å². The number of nitrogens with zero attached hydrogens (tertiary/aromatic N) is 2. The van der Waals surface area contributed by atoms with E-state index >= 15 is 0 Å². The van der Waals surface area contributed by atoms with Crippen molar-refractivity contribution < 1.29 is 18.0 Å². The number of halogens is 3. The number of carbonyl (C=O) groups is 1. The van der Waals surface area contributed by atoms with Crippen LogP contribution in [0, 0.1) is 6.92 Å². The molecule has 24 heavy (non-hydrogen) atoms. The fraction of sp³-hybridized carbons (Fsp3) is 0.412. The Balaban J connectivity index is 2.29. The van der Waals surface area contributed by atoms with Gasteiger partial charge >= 0.3 is 6.18 Å². The average Bonchev–Trinajstić information content (AvgIpc) is 2.88. The Bertz CT molecular complexity index is 722. The van der Waals surface area contributed by atoms with Crippen molar-refractivity contribution in [3.8, 4) is 5.69 Å². The largest absolute Gasteiger partial charge is 0.416 e. The van der Waals surface area contributed by atoms with Crippen LogP contribution in [0.1, 0.15) is 48.3 Å². The summed E-state index contributed by atoms with van der Waals surface area (Å²) in [6.07, 6.45) is -1.24.